The number of nitrogens with zero attached hydrogens (tertiary/aromatic N) is 2. The van der Waals surface area contributed by atoms with Gasteiger partial charge in [-0.2, -0.15) is 0 Å². The number of hydrogen-bond donors (Lipinski definition) is 1. The molecule has 5 nitrogen and oxygen atoms in total. The number of nitrogens with one attached hydrogen (secondary N) is 1. The number of carbonyl (C=O) groups excluding carboxylic acids is 1. The van der Waals surface area contributed by atoms with Gasteiger partial charge in [0, 0.05) is 22.8 Å². The minimum absolute atomic E-state index is 0.0911. The van der Waals surface area contributed by atoms with E-state index < -0.39 is 0 Å². The molecule has 0 unspecified atom stereocenters. The van der Waals surface area contributed by atoms with Crippen molar-refractivity contribution in [2.45, 2.75) is 32.4 Å². The average molecular weight is 324 g/mol. The Morgan fingerprint density at radius 2 is 2.37 bits per heavy atom. The lowest BCUT2D eigenvalue weighted by Crippen LogP contribution is -2.25. The number of aryl methyl sites for hydroxylation is 1. The maximum Gasteiger partial charge on any atom is 0.268 e. The molecule has 1 fully saturated rings. The van der Waals surface area contributed by atoms with Crippen LogP contribution >= 0.6 is 15.9 Å². The van der Waals surface area contributed by atoms with Gasteiger partial charge in [-0.05, 0) is 41.8 Å². The predicted octanol–water partition coefficient (Wildman–Crippen LogP) is 2.81. The summed E-state index contributed by atoms with van der Waals surface area (Å²) in [7, 11) is 0. The van der Waals surface area contributed by atoms with Crippen LogP contribution in [-0.2, 0) is 6.54 Å². The van der Waals surface area contributed by atoms with Crippen molar-refractivity contribution >= 4 is 21.8 Å². The Morgan fingerprint density at radius 3 is 3.00 bits per heavy atom. The summed E-state index contributed by atoms with van der Waals surface area (Å²) in [6, 6.07) is 4.13. The Kier molecular flexibility index (Phi) is 3.18. The van der Waals surface area contributed by atoms with E-state index in [9.17, 15) is 4.79 Å². The number of carbonyl (C=O) groups is 1. The van der Waals surface area contributed by atoms with Gasteiger partial charge in [0.1, 0.15) is 5.69 Å². The number of hydrogen-bond acceptors (Lipinski definition) is 3. The minimum Gasteiger partial charge on any atom is -0.359 e. The zero-order valence-electron chi connectivity index (χ0n) is 10.5. The van der Waals surface area contributed by atoms with E-state index in [2.05, 4.69) is 26.4 Å². The molecule has 1 aliphatic rings. The molecule has 0 radical (unpaired) electrons. The second-order valence-electron chi connectivity index (χ2n) is 4.80. The van der Waals surface area contributed by atoms with Crippen molar-refractivity contribution in [2.24, 2.45) is 0 Å². The van der Waals surface area contributed by atoms with Gasteiger partial charge >= 0.3 is 0 Å². The van der Waals surface area contributed by atoms with Gasteiger partial charge in [-0.3, -0.25) is 4.79 Å². The van der Waals surface area contributed by atoms with Crippen molar-refractivity contribution < 1.29 is 9.32 Å². The first kappa shape index (κ1) is 12.5. The van der Waals surface area contributed by atoms with E-state index in [4.69, 9.17) is 4.52 Å². The molecule has 1 amide bonds. The van der Waals surface area contributed by atoms with Crippen molar-refractivity contribution in [3.8, 4) is 0 Å². The van der Waals surface area contributed by atoms with E-state index in [1.807, 2.05) is 29.8 Å². The number of halogens is 1. The number of amides is 1. The average Bonchev–Trinajstić information content (AvgIpc) is 3.03. The Balaban J connectivity index is 1.70. The number of rotatable bonds is 4. The zero-order chi connectivity index (χ0) is 13.4. The Bertz CT molecular complexity index is 613. The maximum absolute atomic E-state index is 12.2. The molecule has 100 valence electrons. The summed E-state index contributed by atoms with van der Waals surface area (Å²) in [5.41, 5.74) is 1.50. The molecule has 0 bridgehead atoms. The summed E-state index contributed by atoms with van der Waals surface area (Å²) in [6.45, 7) is 2.21. The van der Waals surface area contributed by atoms with Crippen LogP contribution < -0.4 is 5.32 Å². The Labute approximate surface area is 119 Å². The monoisotopic (exact) mass is 323 g/mol. The van der Waals surface area contributed by atoms with Crippen LogP contribution in [0.15, 0.2) is 27.3 Å². The second-order valence-corrected chi connectivity index (χ2v) is 5.71. The van der Waals surface area contributed by atoms with Gasteiger partial charge in [0.25, 0.3) is 5.91 Å². The van der Waals surface area contributed by atoms with Gasteiger partial charge in [0.2, 0.25) is 0 Å². The lowest BCUT2D eigenvalue weighted by atomic mass is 10.3. The Hall–Kier alpha value is -1.56. The highest BCUT2D eigenvalue weighted by atomic mass is 79.9. The first-order chi connectivity index (χ1) is 9.13. The van der Waals surface area contributed by atoms with E-state index in [1.54, 1.807) is 0 Å². The lowest BCUT2D eigenvalue weighted by molar-refractivity contribution is 0.0937. The second kappa shape index (κ2) is 4.85. The molecular formula is C13H14BrN3O2. The van der Waals surface area contributed by atoms with E-state index in [1.165, 1.54) is 0 Å². The summed E-state index contributed by atoms with van der Waals surface area (Å²) in [4.78, 5) is 12.2. The molecule has 6 heteroatoms. The summed E-state index contributed by atoms with van der Waals surface area (Å²) in [5.74, 6) is 0.570. The molecule has 0 atom stereocenters. The normalized spacial score (nSPS) is 14.6. The molecule has 1 aliphatic carbocycles. The van der Waals surface area contributed by atoms with Gasteiger partial charge in [-0.1, -0.05) is 5.16 Å². The van der Waals surface area contributed by atoms with E-state index >= 15 is 0 Å². The molecule has 0 saturated heterocycles. The fourth-order valence-electron chi connectivity index (χ4n) is 2.04. The highest BCUT2D eigenvalue weighted by molar-refractivity contribution is 9.10. The van der Waals surface area contributed by atoms with Crippen LogP contribution in [0.25, 0.3) is 0 Å². The van der Waals surface area contributed by atoms with Crippen molar-refractivity contribution in [3.05, 3.63) is 40.0 Å². The van der Waals surface area contributed by atoms with Crippen molar-refractivity contribution in [3.63, 3.8) is 0 Å². The molecule has 1 N–H and O–H groups in total. The van der Waals surface area contributed by atoms with Crippen molar-refractivity contribution in [2.75, 3.05) is 0 Å². The van der Waals surface area contributed by atoms with Gasteiger partial charge in [0.15, 0.2) is 5.76 Å². The molecule has 2 heterocycles. The number of aromatic nitrogens is 2. The van der Waals surface area contributed by atoms with E-state index in [0.717, 1.165) is 23.0 Å². The molecule has 0 spiro atoms. The standard InChI is InChI=1S/C13H14BrN3O2/c1-8-4-11(19-16-8)6-15-13(18)12-5-9(14)7-17(12)10-2-3-10/h4-5,7,10H,2-3,6H2,1H3,(H,15,18). The van der Waals surface area contributed by atoms with Gasteiger partial charge in [-0.25, -0.2) is 0 Å². The molecule has 2 aromatic rings. The van der Waals surface area contributed by atoms with Gasteiger partial charge < -0.3 is 14.4 Å². The van der Waals surface area contributed by atoms with Crippen LogP contribution in [0, 0.1) is 6.92 Å². The SMILES string of the molecule is Cc1cc(CNC(=O)c2cc(Br)cn2C2CC2)on1. The molecule has 3 rings (SSSR count). The maximum atomic E-state index is 12.2. The molecule has 19 heavy (non-hydrogen) atoms. The smallest absolute Gasteiger partial charge is 0.268 e. The first-order valence-corrected chi connectivity index (χ1v) is 7.00. The van der Waals surface area contributed by atoms with Crippen LogP contribution in [0.1, 0.15) is 40.8 Å². The van der Waals surface area contributed by atoms with Gasteiger partial charge in [-0.15, -0.1) is 0 Å². The summed E-state index contributed by atoms with van der Waals surface area (Å²) in [5, 5.41) is 6.64. The van der Waals surface area contributed by atoms with Gasteiger partial charge in [0.05, 0.1) is 12.2 Å². The van der Waals surface area contributed by atoms with Crippen LogP contribution in [0.3, 0.4) is 0 Å². The summed E-state index contributed by atoms with van der Waals surface area (Å²) < 4.78 is 8.03. The zero-order valence-corrected chi connectivity index (χ0v) is 12.1. The predicted molar refractivity (Wildman–Crippen MR) is 72.8 cm³/mol. The van der Waals surface area contributed by atoms with Crippen LogP contribution in [0.4, 0.5) is 0 Å². The van der Waals surface area contributed by atoms with E-state index in [-0.39, 0.29) is 5.91 Å². The van der Waals surface area contributed by atoms with Crippen molar-refractivity contribution in [1.82, 2.24) is 15.0 Å². The fourth-order valence-corrected chi connectivity index (χ4v) is 2.48. The fraction of sp³-hybridized carbons (Fsp3) is 0.385. The third kappa shape index (κ3) is 2.73. The van der Waals surface area contributed by atoms with E-state index in [0.29, 0.717) is 24.0 Å². The molecule has 0 aliphatic heterocycles. The Morgan fingerprint density at radius 1 is 1.58 bits per heavy atom. The quantitative estimate of drug-likeness (QED) is 0.941. The van der Waals surface area contributed by atoms with Crippen LogP contribution in [-0.4, -0.2) is 15.6 Å². The molecular weight excluding hydrogens is 310 g/mol. The molecule has 0 aromatic carbocycles. The first-order valence-electron chi connectivity index (χ1n) is 6.21. The van der Waals surface area contributed by atoms with Crippen LogP contribution in [0.5, 0.6) is 0 Å². The topological polar surface area (TPSA) is 60.1 Å². The highest BCUT2D eigenvalue weighted by Crippen LogP contribution is 2.37. The van der Waals surface area contributed by atoms with Crippen LogP contribution in [0.2, 0.25) is 0 Å². The summed E-state index contributed by atoms with van der Waals surface area (Å²) in [6.07, 6.45) is 4.25. The third-order valence-corrected chi connectivity index (χ3v) is 3.52. The largest absolute Gasteiger partial charge is 0.359 e. The molecule has 1 saturated carbocycles. The summed E-state index contributed by atoms with van der Waals surface area (Å²) >= 11 is 3.42. The highest BCUT2D eigenvalue weighted by Gasteiger charge is 2.27. The minimum atomic E-state index is -0.0911. The van der Waals surface area contributed by atoms with Crippen molar-refractivity contribution in [1.29, 1.82) is 0 Å². The lowest BCUT2D eigenvalue weighted by Gasteiger charge is -2.07. The molecule has 2 aromatic heterocycles. The third-order valence-electron chi connectivity index (χ3n) is 3.09.